The van der Waals surface area contributed by atoms with Crippen molar-refractivity contribution >= 4 is 32.8 Å². The molecule has 0 saturated carbocycles. The molecule has 1 heterocycles. The summed E-state index contributed by atoms with van der Waals surface area (Å²) in [4.78, 5) is 16.8. The number of carbonyl (C=O) groups excluding carboxylic acids is 1. The summed E-state index contributed by atoms with van der Waals surface area (Å²) in [6, 6.07) is 13.3. The van der Waals surface area contributed by atoms with Crippen LogP contribution in [-0.2, 0) is 15.4 Å². The number of ketones is 1. The van der Waals surface area contributed by atoms with E-state index in [9.17, 15) is 13.2 Å². The van der Waals surface area contributed by atoms with Crippen molar-refractivity contribution in [2.75, 3.05) is 4.72 Å². The average Bonchev–Trinajstić information content (AvgIpc) is 3.15. The van der Waals surface area contributed by atoms with E-state index in [1.54, 1.807) is 60.1 Å². The van der Waals surface area contributed by atoms with E-state index in [-0.39, 0.29) is 27.3 Å². The molecule has 0 spiro atoms. The number of nitrogens with one attached hydrogen (secondary N) is 1. The highest BCUT2D eigenvalue weighted by atomic mass is 32.2. The second-order valence-electron chi connectivity index (χ2n) is 7.09. The maximum absolute atomic E-state index is 12.8. The molecule has 0 radical (unpaired) electrons. The molecule has 0 amide bonds. The van der Waals surface area contributed by atoms with E-state index in [0.29, 0.717) is 5.01 Å². The molecule has 0 saturated heterocycles. The Bertz CT molecular complexity index is 1050. The van der Waals surface area contributed by atoms with Crippen molar-refractivity contribution in [2.24, 2.45) is 0 Å². The molecule has 1 aromatic heterocycles. The largest absolute Gasteiger partial charge is 0.286 e. The Hall–Kier alpha value is -2.51. The fraction of sp³-hybridized carbons (Fsp3) is 0.200. The van der Waals surface area contributed by atoms with Crippen LogP contribution in [0.3, 0.4) is 0 Å². The molecule has 3 rings (SSSR count). The van der Waals surface area contributed by atoms with Gasteiger partial charge in [-0.15, -0.1) is 11.3 Å². The van der Waals surface area contributed by atoms with Gasteiger partial charge < -0.3 is 0 Å². The zero-order valence-corrected chi connectivity index (χ0v) is 16.9. The lowest BCUT2D eigenvalue weighted by atomic mass is 9.87. The van der Waals surface area contributed by atoms with Gasteiger partial charge in [-0.25, -0.2) is 13.4 Å². The van der Waals surface area contributed by atoms with E-state index in [4.69, 9.17) is 0 Å². The Labute approximate surface area is 163 Å². The predicted molar refractivity (Wildman–Crippen MR) is 108 cm³/mol. The molecule has 0 aliphatic heterocycles. The van der Waals surface area contributed by atoms with Crippen molar-refractivity contribution in [3.05, 3.63) is 76.2 Å². The number of rotatable bonds is 5. The lowest BCUT2D eigenvalue weighted by molar-refractivity contribution is 0.103. The standard InChI is InChI=1S/C20H20N2O3S2/c1-20(2,3)14-8-10-15(11-9-14)27(24,25)22-17-7-5-4-6-16(17)18(23)19-21-12-13-26-19/h4-13,22H,1-3H3. The van der Waals surface area contributed by atoms with E-state index >= 15 is 0 Å². The van der Waals surface area contributed by atoms with Gasteiger partial charge in [0.2, 0.25) is 5.78 Å². The summed E-state index contributed by atoms with van der Waals surface area (Å²) in [5, 5.41) is 2.02. The zero-order chi connectivity index (χ0) is 19.7. The molecule has 0 fully saturated rings. The van der Waals surface area contributed by atoms with Gasteiger partial charge in [0.05, 0.1) is 10.6 Å². The number of carbonyl (C=O) groups is 1. The third-order valence-corrected chi connectivity index (χ3v) is 6.23. The third kappa shape index (κ3) is 4.26. The summed E-state index contributed by atoms with van der Waals surface area (Å²) in [6.07, 6.45) is 1.54. The van der Waals surface area contributed by atoms with Crippen LogP contribution < -0.4 is 4.72 Å². The lowest BCUT2D eigenvalue weighted by Crippen LogP contribution is -2.17. The molecule has 0 atom stereocenters. The van der Waals surface area contributed by atoms with Crippen molar-refractivity contribution in [3.8, 4) is 0 Å². The SMILES string of the molecule is CC(C)(C)c1ccc(S(=O)(=O)Nc2ccccc2C(=O)c2nccs2)cc1. The zero-order valence-electron chi connectivity index (χ0n) is 15.3. The average molecular weight is 401 g/mol. The normalized spacial score (nSPS) is 12.0. The van der Waals surface area contributed by atoms with Gasteiger partial charge in [-0.1, -0.05) is 45.0 Å². The monoisotopic (exact) mass is 400 g/mol. The van der Waals surface area contributed by atoms with Crippen molar-refractivity contribution in [3.63, 3.8) is 0 Å². The molecule has 140 valence electrons. The van der Waals surface area contributed by atoms with Crippen molar-refractivity contribution < 1.29 is 13.2 Å². The number of hydrogen-bond acceptors (Lipinski definition) is 5. The molecule has 7 heteroatoms. The number of nitrogens with zero attached hydrogens (tertiary/aromatic N) is 1. The van der Waals surface area contributed by atoms with E-state index in [2.05, 4.69) is 30.5 Å². The summed E-state index contributed by atoms with van der Waals surface area (Å²) in [5.41, 5.74) is 1.48. The Kier molecular flexibility index (Phi) is 5.17. The van der Waals surface area contributed by atoms with Crippen molar-refractivity contribution in [1.82, 2.24) is 4.98 Å². The van der Waals surface area contributed by atoms with E-state index in [0.717, 1.165) is 5.56 Å². The fourth-order valence-electron chi connectivity index (χ4n) is 2.56. The molecule has 2 aromatic carbocycles. The first-order valence-corrected chi connectivity index (χ1v) is 10.7. The maximum Gasteiger partial charge on any atom is 0.261 e. The van der Waals surface area contributed by atoms with Crippen LogP contribution in [0.5, 0.6) is 0 Å². The summed E-state index contributed by atoms with van der Waals surface area (Å²) in [7, 11) is -3.82. The molecule has 5 nitrogen and oxygen atoms in total. The van der Waals surface area contributed by atoms with Gasteiger partial charge in [-0.05, 0) is 35.2 Å². The molecular formula is C20H20N2O3S2. The molecule has 1 N–H and O–H groups in total. The topological polar surface area (TPSA) is 76.1 Å². The second kappa shape index (κ2) is 7.25. The first-order chi connectivity index (χ1) is 12.7. The Morgan fingerprint density at radius 2 is 1.70 bits per heavy atom. The molecule has 3 aromatic rings. The van der Waals surface area contributed by atoms with Crippen LogP contribution in [0.1, 0.15) is 41.7 Å². The Balaban J connectivity index is 1.92. The molecule has 0 aliphatic rings. The van der Waals surface area contributed by atoms with Crippen LogP contribution in [0.4, 0.5) is 5.69 Å². The second-order valence-corrected chi connectivity index (χ2v) is 9.67. The van der Waals surface area contributed by atoms with Gasteiger partial charge in [-0.2, -0.15) is 0 Å². The highest BCUT2D eigenvalue weighted by Gasteiger charge is 2.21. The smallest absolute Gasteiger partial charge is 0.261 e. The summed E-state index contributed by atoms with van der Waals surface area (Å²) in [6.45, 7) is 6.19. The van der Waals surface area contributed by atoms with E-state index in [1.165, 1.54) is 11.3 Å². The predicted octanol–water partition coefficient (Wildman–Crippen LogP) is 4.47. The van der Waals surface area contributed by atoms with Crippen LogP contribution in [0.2, 0.25) is 0 Å². The molecule has 0 aliphatic carbocycles. The number of anilines is 1. The molecule has 0 unspecified atom stereocenters. The number of aromatic nitrogens is 1. The van der Waals surface area contributed by atoms with E-state index < -0.39 is 10.0 Å². The number of hydrogen-bond donors (Lipinski definition) is 1. The van der Waals surface area contributed by atoms with Crippen LogP contribution in [0.25, 0.3) is 0 Å². The number of para-hydroxylation sites is 1. The van der Waals surface area contributed by atoms with Gasteiger partial charge >= 0.3 is 0 Å². The van der Waals surface area contributed by atoms with Gasteiger partial charge in [0.1, 0.15) is 0 Å². The van der Waals surface area contributed by atoms with Gasteiger partial charge in [-0.3, -0.25) is 9.52 Å². The lowest BCUT2D eigenvalue weighted by Gasteiger charge is -2.19. The van der Waals surface area contributed by atoms with Gasteiger partial charge in [0, 0.05) is 17.1 Å². The third-order valence-electron chi connectivity index (χ3n) is 4.07. The first kappa shape index (κ1) is 19.3. The molecule has 27 heavy (non-hydrogen) atoms. The van der Waals surface area contributed by atoms with E-state index in [1.807, 2.05) is 0 Å². The molecular weight excluding hydrogens is 380 g/mol. The van der Waals surface area contributed by atoms with Gasteiger partial charge in [0.15, 0.2) is 5.01 Å². The number of benzene rings is 2. The van der Waals surface area contributed by atoms with Crippen molar-refractivity contribution in [2.45, 2.75) is 31.1 Å². The minimum atomic E-state index is -3.82. The fourth-order valence-corrected chi connectivity index (χ4v) is 4.23. The minimum Gasteiger partial charge on any atom is -0.286 e. The molecule has 0 bridgehead atoms. The number of thiazole rings is 1. The van der Waals surface area contributed by atoms with Crippen LogP contribution in [-0.4, -0.2) is 19.2 Å². The first-order valence-electron chi connectivity index (χ1n) is 8.35. The summed E-state index contributed by atoms with van der Waals surface area (Å²) in [5.74, 6) is -0.314. The van der Waals surface area contributed by atoms with Crippen LogP contribution >= 0.6 is 11.3 Å². The maximum atomic E-state index is 12.8. The van der Waals surface area contributed by atoms with Crippen molar-refractivity contribution in [1.29, 1.82) is 0 Å². The van der Waals surface area contributed by atoms with Gasteiger partial charge in [0.25, 0.3) is 10.0 Å². The Morgan fingerprint density at radius 3 is 2.30 bits per heavy atom. The highest BCUT2D eigenvalue weighted by molar-refractivity contribution is 7.92. The Morgan fingerprint density at radius 1 is 1.04 bits per heavy atom. The summed E-state index contributed by atoms with van der Waals surface area (Å²) >= 11 is 1.21. The van der Waals surface area contributed by atoms with Crippen LogP contribution in [0, 0.1) is 0 Å². The van der Waals surface area contributed by atoms with Crippen LogP contribution in [0.15, 0.2) is 65.0 Å². The number of sulfonamides is 1. The quantitative estimate of drug-likeness (QED) is 0.641. The highest BCUT2D eigenvalue weighted by Crippen LogP contribution is 2.26. The minimum absolute atomic E-state index is 0.0670. The summed E-state index contributed by atoms with van der Waals surface area (Å²) < 4.78 is 28.1.